The maximum Gasteiger partial charge on any atom is 0.246 e. The molecule has 168 valence electrons. The zero-order valence-corrected chi connectivity index (χ0v) is 19.2. The van der Waals surface area contributed by atoms with Gasteiger partial charge in [-0.25, -0.2) is 8.42 Å². The van der Waals surface area contributed by atoms with Crippen LogP contribution in [-0.2, 0) is 19.6 Å². The van der Waals surface area contributed by atoms with Gasteiger partial charge in [0.2, 0.25) is 15.9 Å². The first-order valence-electron chi connectivity index (χ1n) is 10.5. The van der Waals surface area contributed by atoms with Crippen LogP contribution < -0.4 is 10.1 Å². The average Bonchev–Trinajstić information content (AvgIpc) is 2.72. The van der Waals surface area contributed by atoms with Crippen LogP contribution >= 0.6 is 0 Å². The Bertz CT molecular complexity index is 830. The predicted octanol–water partition coefficient (Wildman–Crippen LogP) is 3.06. The Morgan fingerprint density at radius 2 is 1.93 bits per heavy atom. The minimum atomic E-state index is -3.71. The summed E-state index contributed by atoms with van der Waals surface area (Å²) in [5.74, 6) is 0.744. The fourth-order valence-corrected chi connectivity index (χ4v) is 4.89. The first kappa shape index (κ1) is 24.4. The van der Waals surface area contributed by atoms with E-state index in [2.05, 4.69) is 19.2 Å². The Hall–Kier alpha value is -1.90. The van der Waals surface area contributed by atoms with Gasteiger partial charge in [-0.2, -0.15) is 4.31 Å². The summed E-state index contributed by atoms with van der Waals surface area (Å²) in [6.07, 6.45) is 6.20. The number of hydrogen-bond donors (Lipinski definition) is 1. The van der Waals surface area contributed by atoms with E-state index in [1.807, 2.05) is 6.92 Å². The van der Waals surface area contributed by atoms with Gasteiger partial charge in [-0.3, -0.25) is 4.79 Å². The van der Waals surface area contributed by atoms with Crippen molar-refractivity contribution in [1.29, 1.82) is 0 Å². The monoisotopic (exact) mass is 438 g/mol. The summed E-state index contributed by atoms with van der Waals surface area (Å²) in [6, 6.07) is 4.97. The second-order valence-corrected chi connectivity index (χ2v) is 9.90. The number of nitrogens with one attached hydrogen (secondary N) is 1. The third kappa shape index (κ3) is 7.11. The van der Waals surface area contributed by atoms with Crippen LogP contribution in [0.3, 0.4) is 0 Å². The normalized spacial score (nSPS) is 16.7. The molecule has 8 heteroatoms. The maximum atomic E-state index is 13.0. The molecule has 0 saturated carbocycles. The minimum Gasteiger partial charge on any atom is -0.495 e. The molecule has 1 aromatic rings. The molecule has 1 unspecified atom stereocenters. The summed E-state index contributed by atoms with van der Waals surface area (Å²) in [6.45, 7) is 7.73. The van der Waals surface area contributed by atoms with Crippen molar-refractivity contribution < 1.29 is 22.7 Å². The van der Waals surface area contributed by atoms with E-state index in [0.717, 1.165) is 19.3 Å². The molecule has 1 fully saturated rings. The molecule has 7 nitrogen and oxygen atoms in total. The van der Waals surface area contributed by atoms with Crippen molar-refractivity contribution in [3.63, 3.8) is 0 Å². The number of rotatable bonds is 10. The average molecular weight is 439 g/mol. The van der Waals surface area contributed by atoms with Gasteiger partial charge in [0.05, 0.1) is 20.3 Å². The molecule has 1 aliphatic rings. The van der Waals surface area contributed by atoms with Crippen molar-refractivity contribution in [1.82, 2.24) is 9.62 Å². The molecule has 1 heterocycles. The molecule has 1 aromatic carbocycles. The quantitative estimate of drug-likeness (QED) is 0.568. The van der Waals surface area contributed by atoms with Gasteiger partial charge in [-0.15, -0.1) is 0 Å². The summed E-state index contributed by atoms with van der Waals surface area (Å²) in [5.41, 5.74) is 0.616. The second kappa shape index (κ2) is 11.5. The summed E-state index contributed by atoms with van der Waals surface area (Å²) >= 11 is 0. The minimum absolute atomic E-state index is 0.0917. The van der Waals surface area contributed by atoms with Crippen LogP contribution in [0.4, 0.5) is 0 Å². The molecule has 1 saturated heterocycles. The van der Waals surface area contributed by atoms with Crippen LogP contribution in [-0.4, -0.2) is 58.1 Å². The molecule has 0 bridgehead atoms. The molecule has 2 rings (SSSR count). The van der Waals surface area contributed by atoms with Gasteiger partial charge in [0, 0.05) is 25.2 Å². The van der Waals surface area contributed by atoms with Crippen molar-refractivity contribution >= 4 is 22.0 Å². The first-order chi connectivity index (χ1) is 14.2. The molecule has 1 N–H and O–H groups in total. The fourth-order valence-electron chi connectivity index (χ4n) is 3.29. The third-order valence-corrected chi connectivity index (χ3v) is 6.93. The van der Waals surface area contributed by atoms with Gasteiger partial charge in [-0.1, -0.05) is 32.8 Å². The van der Waals surface area contributed by atoms with Crippen LogP contribution in [0.15, 0.2) is 29.2 Å². The number of hydrogen-bond acceptors (Lipinski definition) is 5. The molecule has 0 spiro atoms. The van der Waals surface area contributed by atoms with E-state index in [0.29, 0.717) is 37.8 Å². The Morgan fingerprint density at radius 3 is 2.57 bits per heavy atom. The molecule has 0 aliphatic carbocycles. The smallest absolute Gasteiger partial charge is 0.246 e. The van der Waals surface area contributed by atoms with Crippen molar-refractivity contribution in [3.8, 4) is 5.75 Å². The Kier molecular flexibility index (Phi) is 9.33. The van der Waals surface area contributed by atoms with Crippen LogP contribution in [0, 0.1) is 5.92 Å². The molecule has 0 radical (unpaired) electrons. The van der Waals surface area contributed by atoms with Crippen molar-refractivity contribution in [2.45, 2.75) is 51.0 Å². The van der Waals surface area contributed by atoms with E-state index >= 15 is 0 Å². The Balaban J connectivity index is 2.07. The molecule has 1 atom stereocenters. The van der Waals surface area contributed by atoms with E-state index in [1.165, 1.54) is 17.5 Å². The zero-order valence-electron chi connectivity index (χ0n) is 18.4. The van der Waals surface area contributed by atoms with Crippen molar-refractivity contribution in [2.75, 3.05) is 33.4 Å². The lowest BCUT2D eigenvalue weighted by atomic mass is 10.0. The highest BCUT2D eigenvalue weighted by atomic mass is 32.2. The van der Waals surface area contributed by atoms with Crippen LogP contribution in [0.5, 0.6) is 5.75 Å². The molecule has 30 heavy (non-hydrogen) atoms. The maximum absolute atomic E-state index is 13.0. The van der Waals surface area contributed by atoms with Crippen LogP contribution in [0.25, 0.3) is 6.08 Å². The van der Waals surface area contributed by atoms with Crippen molar-refractivity contribution in [2.24, 2.45) is 5.92 Å². The highest BCUT2D eigenvalue weighted by Gasteiger charge is 2.29. The standard InChI is InChI=1S/C22H34N2O5S/c1-17(2)6-5-7-18(3)23-22(25)11-9-19-8-10-20(28-4)21(16-19)30(26,27)24-12-14-29-15-13-24/h8-11,16-18H,5-7,12-15H2,1-4H3,(H,23,25)/b11-9+. The van der Waals surface area contributed by atoms with E-state index in [-0.39, 0.29) is 22.6 Å². The number of morpholine rings is 1. The summed E-state index contributed by atoms with van der Waals surface area (Å²) in [7, 11) is -2.27. The topological polar surface area (TPSA) is 84.9 Å². The number of nitrogens with zero attached hydrogens (tertiary/aromatic N) is 1. The highest BCUT2D eigenvalue weighted by Crippen LogP contribution is 2.28. The number of carbonyl (C=O) groups excluding carboxylic acids is 1. The number of benzene rings is 1. The summed E-state index contributed by atoms with van der Waals surface area (Å²) in [4.78, 5) is 12.3. The largest absolute Gasteiger partial charge is 0.495 e. The van der Waals surface area contributed by atoms with E-state index < -0.39 is 10.0 Å². The number of sulfonamides is 1. The van der Waals surface area contributed by atoms with Gasteiger partial charge >= 0.3 is 0 Å². The highest BCUT2D eigenvalue weighted by molar-refractivity contribution is 7.89. The van der Waals surface area contributed by atoms with Crippen molar-refractivity contribution in [3.05, 3.63) is 29.8 Å². The van der Waals surface area contributed by atoms with E-state index in [1.54, 1.807) is 24.3 Å². The lowest BCUT2D eigenvalue weighted by Crippen LogP contribution is -2.40. The number of carbonyl (C=O) groups is 1. The van der Waals surface area contributed by atoms with E-state index in [9.17, 15) is 13.2 Å². The van der Waals surface area contributed by atoms with Crippen LogP contribution in [0.1, 0.15) is 45.6 Å². The molecular weight excluding hydrogens is 404 g/mol. The molecule has 1 aliphatic heterocycles. The van der Waals surface area contributed by atoms with Gasteiger partial charge in [-0.05, 0) is 43.0 Å². The molecular formula is C22H34N2O5S. The molecule has 1 amide bonds. The fraction of sp³-hybridized carbons (Fsp3) is 0.591. The van der Waals surface area contributed by atoms with Gasteiger partial charge in [0.25, 0.3) is 0 Å². The number of ether oxygens (including phenoxy) is 2. The van der Waals surface area contributed by atoms with E-state index in [4.69, 9.17) is 9.47 Å². The predicted molar refractivity (Wildman–Crippen MR) is 118 cm³/mol. The van der Waals surface area contributed by atoms with Gasteiger partial charge in [0.1, 0.15) is 10.6 Å². The summed E-state index contributed by atoms with van der Waals surface area (Å²) in [5, 5.41) is 2.95. The number of methoxy groups -OCH3 is 1. The lowest BCUT2D eigenvalue weighted by molar-refractivity contribution is -0.117. The third-order valence-electron chi connectivity index (χ3n) is 5.01. The first-order valence-corrected chi connectivity index (χ1v) is 11.9. The Morgan fingerprint density at radius 1 is 1.23 bits per heavy atom. The van der Waals surface area contributed by atoms with Gasteiger partial charge in [0.15, 0.2) is 0 Å². The lowest BCUT2D eigenvalue weighted by Gasteiger charge is -2.26. The number of amides is 1. The summed E-state index contributed by atoms with van der Waals surface area (Å²) < 4.78 is 38.0. The molecule has 0 aromatic heterocycles. The second-order valence-electron chi connectivity index (χ2n) is 7.99. The Labute approximate surface area is 180 Å². The SMILES string of the molecule is COc1ccc(/C=C/C(=O)NC(C)CCCC(C)C)cc1S(=O)(=O)N1CCOCC1. The van der Waals surface area contributed by atoms with Crippen LogP contribution in [0.2, 0.25) is 0 Å². The van der Waals surface area contributed by atoms with Gasteiger partial charge < -0.3 is 14.8 Å². The zero-order chi connectivity index (χ0) is 22.1.